The van der Waals surface area contributed by atoms with Crippen molar-refractivity contribution in [2.45, 2.75) is 12.8 Å². The van der Waals surface area contributed by atoms with Crippen molar-refractivity contribution >= 4 is 39.5 Å². The van der Waals surface area contributed by atoms with Crippen LogP contribution in [0.15, 0.2) is 28.7 Å². The first-order valence-corrected chi connectivity index (χ1v) is 8.00. The average molecular weight is 399 g/mol. The first-order chi connectivity index (χ1) is 11.3. The van der Waals surface area contributed by atoms with Crippen LogP contribution in [0.2, 0.25) is 0 Å². The van der Waals surface area contributed by atoms with Crippen molar-refractivity contribution in [3.8, 4) is 0 Å². The summed E-state index contributed by atoms with van der Waals surface area (Å²) >= 11 is 3.27. The van der Waals surface area contributed by atoms with Gasteiger partial charge in [-0.25, -0.2) is 0 Å². The lowest BCUT2D eigenvalue weighted by atomic mass is 10.1. The summed E-state index contributed by atoms with van der Waals surface area (Å²) in [6.07, 6.45) is -0.111. The van der Waals surface area contributed by atoms with Gasteiger partial charge in [-0.3, -0.25) is 19.2 Å². The third kappa shape index (κ3) is 7.36. The van der Waals surface area contributed by atoms with E-state index in [4.69, 9.17) is 4.74 Å². The van der Waals surface area contributed by atoms with Crippen LogP contribution in [0.5, 0.6) is 0 Å². The van der Waals surface area contributed by atoms with E-state index in [1.807, 2.05) is 0 Å². The van der Waals surface area contributed by atoms with Crippen molar-refractivity contribution in [2.24, 2.45) is 0 Å². The second-order valence-corrected chi connectivity index (χ2v) is 6.07. The average Bonchev–Trinajstić information content (AvgIpc) is 2.56. The highest BCUT2D eigenvalue weighted by molar-refractivity contribution is 9.10. The summed E-state index contributed by atoms with van der Waals surface area (Å²) in [4.78, 5) is 47.5. The van der Waals surface area contributed by atoms with Crippen molar-refractivity contribution < 1.29 is 23.9 Å². The first kappa shape index (κ1) is 19.8. The Morgan fingerprint density at radius 3 is 2.29 bits per heavy atom. The van der Waals surface area contributed by atoms with Crippen molar-refractivity contribution in [1.29, 1.82) is 0 Å². The zero-order valence-electron chi connectivity index (χ0n) is 13.5. The van der Waals surface area contributed by atoms with Crippen molar-refractivity contribution in [3.63, 3.8) is 0 Å². The van der Waals surface area contributed by atoms with E-state index in [1.54, 1.807) is 38.4 Å². The molecule has 8 heteroatoms. The monoisotopic (exact) mass is 398 g/mol. The van der Waals surface area contributed by atoms with Gasteiger partial charge in [-0.2, -0.15) is 0 Å². The van der Waals surface area contributed by atoms with Crippen LogP contribution in [-0.4, -0.2) is 55.7 Å². The molecule has 1 rings (SSSR count). The summed E-state index contributed by atoms with van der Waals surface area (Å²) in [5, 5.41) is 2.34. The molecule has 0 saturated carbocycles. The number of nitrogens with zero attached hydrogens (tertiary/aromatic N) is 1. The van der Waals surface area contributed by atoms with Gasteiger partial charge in [-0.05, 0) is 12.1 Å². The fourth-order valence-corrected chi connectivity index (χ4v) is 1.86. The molecule has 0 aliphatic heterocycles. The maximum Gasteiger partial charge on any atom is 0.306 e. The molecule has 0 heterocycles. The van der Waals surface area contributed by atoms with Crippen LogP contribution >= 0.6 is 15.9 Å². The summed E-state index contributed by atoms with van der Waals surface area (Å²) in [6, 6.07) is 6.80. The van der Waals surface area contributed by atoms with Gasteiger partial charge in [0, 0.05) is 30.6 Å². The van der Waals surface area contributed by atoms with Crippen LogP contribution in [0.25, 0.3) is 0 Å². The zero-order valence-corrected chi connectivity index (χ0v) is 15.1. The van der Waals surface area contributed by atoms with E-state index in [2.05, 4.69) is 21.2 Å². The van der Waals surface area contributed by atoms with Crippen LogP contribution in [0.4, 0.5) is 0 Å². The molecule has 1 N–H and O–H groups in total. The highest BCUT2D eigenvalue weighted by Crippen LogP contribution is 2.12. The Morgan fingerprint density at radius 1 is 1.08 bits per heavy atom. The molecule has 1 aromatic carbocycles. The smallest absolute Gasteiger partial charge is 0.306 e. The van der Waals surface area contributed by atoms with Gasteiger partial charge >= 0.3 is 5.97 Å². The number of rotatable bonds is 8. The normalized spacial score (nSPS) is 9.96. The lowest BCUT2D eigenvalue weighted by Gasteiger charge is -2.11. The number of hydrogen-bond donors (Lipinski definition) is 1. The van der Waals surface area contributed by atoms with Crippen LogP contribution in [-0.2, 0) is 19.1 Å². The molecular formula is C16H19BrN2O5. The minimum Gasteiger partial charge on any atom is -0.456 e. The second kappa shape index (κ2) is 9.82. The largest absolute Gasteiger partial charge is 0.456 e. The molecule has 0 saturated heterocycles. The molecular weight excluding hydrogens is 380 g/mol. The predicted octanol–water partition coefficient (Wildman–Crippen LogP) is 1.16. The van der Waals surface area contributed by atoms with E-state index >= 15 is 0 Å². The Balaban J connectivity index is 2.26. The van der Waals surface area contributed by atoms with E-state index in [-0.39, 0.29) is 31.1 Å². The van der Waals surface area contributed by atoms with E-state index in [1.165, 1.54) is 4.90 Å². The summed E-state index contributed by atoms with van der Waals surface area (Å²) in [7, 11) is 3.13. The number of nitrogens with one attached hydrogen (secondary N) is 1. The highest BCUT2D eigenvalue weighted by Gasteiger charge is 2.12. The fourth-order valence-electron chi connectivity index (χ4n) is 1.60. The maximum absolute atomic E-state index is 11.9. The molecule has 0 unspecified atom stereocenters. The van der Waals surface area contributed by atoms with E-state index in [9.17, 15) is 19.2 Å². The lowest BCUT2D eigenvalue weighted by molar-refractivity contribution is -0.148. The van der Waals surface area contributed by atoms with Crippen LogP contribution in [0, 0.1) is 0 Å². The number of likely N-dealkylation sites (N-methyl/N-ethyl adjacent to an activating group) is 1. The maximum atomic E-state index is 11.9. The Kier molecular flexibility index (Phi) is 8.11. The first-order valence-electron chi connectivity index (χ1n) is 7.21. The van der Waals surface area contributed by atoms with Crippen LogP contribution < -0.4 is 5.32 Å². The molecule has 0 atom stereocenters. The number of ether oxygens (including phenoxy) is 1. The number of Topliss-reactive ketones (excluding diaryl/α,β-unsaturated/α-hetero) is 1. The van der Waals surface area contributed by atoms with Gasteiger partial charge in [0.25, 0.3) is 5.91 Å². The van der Waals surface area contributed by atoms with Gasteiger partial charge in [0.1, 0.15) is 0 Å². The number of benzene rings is 1. The molecule has 0 spiro atoms. The van der Waals surface area contributed by atoms with Crippen LogP contribution in [0.3, 0.4) is 0 Å². The molecule has 2 amide bonds. The van der Waals surface area contributed by atoms with Gasteiger partial charge in [-0.1, -0.05) is 28.1 Å². The molecule has 0 aliphatic carbocycles. The number of ketones is 1. The Labute approximate surface area is 148 Å². The second-order valence-electron chi connectivity index (χ2n) is 5.16. The number of amides is 2. The van der Waals surface area contributed by atoms with Crippen molar-refractivity contribution in [3.05, 3.63) is 34.3 Å². The Bertz CT molecular complexity index is 613. The fraction of sp³-hybridized carbons (Fsp3) is 0.375. The molecule has 0 aromatic heterocycles. The summed E-state index contributed by atoms with van der Waals surface area (Å²) in [5.74, 6) is -1.66. The molecule has 0 radical (unpaired) electrons. The molecule has 24 heavy (non-hydrogen) atoms. The van der Waals surface area contributed by atoms with Gasteiger partial charge in [0.15, 0.2) is 12.4 Å². The molecule has 0 fully saturated rings. The standard InChI is InChI=1S/C16H19BrN2O5/c1-19(2)15(22)9-18-14(21)10-24-16(23)8-7-13(20)11-3-5-12(17)6-4-11/h3-6H,7-10H2,1-2H3,(H,18,21). The molecule has 7 nitrogen and oxygen atoms in total. The van der Waals surface area contributed by atoms with Gasteiger partial charge in [0.05, 0.1) is 13.0 Å². The van der Waals surface area contributed by atoms with Crippen molar-refractivity contribution in [1.82, 2.24) is 10.2 Å². The van der Waals surface area contributed by atoms with E-state index < -0.39 is 18.5 Å². The summed E-state index contributed by atoms with van der Waals surface area (Å²) < 4.78 is 5.62. The highest BCUT2D eigenvalue weighted by atomic mass is 79.9. The van der Waals surface area contributed by atoms with Gasteiger partial charge in [0.2, 0.25) is 5.91 Å². The zero-order chi connectivity index (χ0) is 18.1. The minimum atomic E-state index is -0.644. The lowest BCUT2D eigenvalue weighted by Crippen LogP contribution is -2.38. The SMILES string of the molecule is CN(C)C(=O)CNC(=O)COC(=O)CCC(=O)c1ccc(Br)cc1. The number of carbonyl (C=O) groups is 4. The van der Waals surface area contributed by atoms with E-state index in [0.717, 1.165) is 4.47 Å². The Morgan fingerprint density at radius 2 is 1.71 bits per heavy atom. The van der Waals surface area contributed by atoms with Crippen molar-refractivity contribution in [2.75, 3.05) is 27.2 Å². The quantitative estimate of drug-likeness (QED) is 0.523. The number of carbonyl (C=O) groups excluding carboxylic acids is 4. The number of hydrogen-bond acceptors (Lipinski definition) is 5. The molecule has 130 valence electrons. The topological polar surface area (TPSA) is 92.8 Å². The van der Waals surface area contributed by atoms with Crippen LogP contribution in [0.1, 0.15) is 23.2 Å². The number of halogens is 1. The summed E-state index contributed by atoms with van der Waals surface area (Å²) in [5.41, 5.74) is 0.506. The summed E-state index contributed by atoms with van der Waals surface area (Å²) in [6.45, 7) is -0.641. The molecule has 1 aromatic rings. The number of esters is 1. The van der Waals surface area contributed by atoms with E-state index in [0.29, 0.717) is 5.56 Å². The Hall–Kier alpha value is -2.22. The third-order valence-corrected chi connectivity index (χ3v) is 3.55. The predicted molar refractivity (Wildman–Crippen MR) is 90.4 cm³/mol. The molecule has 0 bridgehead atoms. The van der Waals surface area contributed by atoms with Gasteiger partial charge in [-0.15, -0.1) is 0 Å². The van der Waals surface area contributed by atoms with Gasteiger partial charge < -0.3 is 15.0 Å². The minimum absolute atomic E-state index is 0.00119. The third-order valence-electron chi connectivity index (χ3n) is 3.02. The molecule has 0 aliphatic rings.